The molecule has 0 aromatic heterocycles. The third-order valence-electron chi connectivity index (χ3n) is 3.78. The summed E-state index contributed by atoms with van der Waals surface area (Å²) in [7, 11) is 1.69. The van der Waals surface area contributed by atoms with Gasteiger partial charge in [-0.15, -0.1) is 0 Å². The average Bonchev–Trinajstić information content (AvgIpc) is 2.81. The molecule has 0 spiro atoms. The zero-order chi connectivity index (χ0) is 14.5. The van der Waals surface area contributed by atoms with Gasteiger partial charge in [0.05, 0.1) is 19.2 Å². The molecule has 0 saturated carbocycles. The van der Waals surface area contributed by atoms with Gasteiger partial charge in [0, 0.05) is 7.11 Å². The fraction of sp³-hybridized carbons (Fsp3) is 0.562. The highest BCUT2D eigenvalue weighted by molar-refractivity contribution is 5.81. The van der Waals surface area contributed by atoms with Crippen molar-refractivity contribution < 1.29 is 9.53 Å². The lowest BCUT2D eigenvalue weighted by molar-refractivity contribution is -0.131. The summed E-state index contributed by atoms with van der Waals surface area (Å²) < 4.78 is 5.30. The van der Waals surface area contributed by atoms with Crippen LogP contribution in [0, 0.1) is 6.92 Å². The van der Waals surface area contributed by atoms with E-state index in [0.717, 1.165) is 18.4 Å². The largest absolute Gasteiger partial charge is 0.383 e. The third kappa shape index (κ3) is 3.19. The minimum atomic E-state index is -0.0326. The number of aryl methyl sites for hydroxylation is 1. The molecule has 1 aliphatic rings. The summed E-state index contributed by atoms with van der Waals surface area (Å²) in [4.78, 5) is 14.2. The van der Waals surface area contributed by atoms with Gasteiger partial charge in [0.1, 0.15) is 6.17 Å². The van der Waals surface area contributed by atoms with E-state index < -0.39 is 0 Å². The van der Waals surface area contributed by atoms with E-state index in [1.807, 2.05) is 4.90 Å². The molecule has 1 aromatic rings. The van der Waals surface area contributed by atoms with Gasteiger partial charge in [-0.1, -0.05) is 43.2 Å². The van der Waals surface area contributed by atoms with Crippen LogP contribution in [-0.2, 0) is 9.53 Å². The van der Waals surface area contributed by atoms with Crippen molar-refractivity contribution in [3.8, 4) is 0 Å². The van der Waals surface area contributed by atoms with Crippen LogP contribution in [-0.4, -0.2) is 37.1 Å². The van der Waals surface area contributed by atoms with Gasteiger partial charge in [-0.2, -0.15) is 0 Å². The first-order valence-electron chi connectivity index (χ1n) is 7.27. The summed E-state index contributed by atoms with van der Waals surface area (Å²) >= 11 is 0. The van der Waals surface area contributed by atoms with Crippen LogP contribution < -0.4 is 5.32 Å². The molecule has 20 heavy (non-hydrogen) atoms. The Bertz CT molecular complexity index is 438. The molecule has 1 saturated heterocycles. The number of nitrogens with one attached hydrogen (secondary N) is 1. The maximum Gasteiger partial charge on any atom is 0.238 e. The van der Waals surface area contributed by atoms with Crippen LogP contribution in [0.25, 0.3) is 0 Å². The zero-order valence-corrected chi connectivity index (χ0v) is 12.6. The molecular weight excluding hydrogens is 252 g/mol. The molecule has 4 nitrogen and oxygen atoms in total. The van der Waals surface area contributed by atoms with Crippen molar-refractivity contribution in [2.24, 2.45) is 0 Å². The van der Waals surface area contributed by atoms with E-state index in [1.165, 1.54) is 5.56 Å². The molecule has 0 bridgehead atoms. The van der Waals surface area contributed by atoms with E-state index in [1.54, 1.807) is 7.11 Å². The summed E-state index contributed by atoms with van der Waals surface area (Å²) in [5.74, 6) is 0.158. The number of amides is 1. The van der Waals surface area contributed by atoms with Crippen LogP contribution in [0.4, 0.5) is 0 Å². The number of methoxy groups -OCH3 is 1. The normalized spacial score (nSPS) is 20.4. The van der Waals surface area contributed by atoms with Crippen LogP contribution in [0.1, 0.15) is 37.1 Å². The van der Waals surface area contributed by atoms with Crippen molar-refractivity contribution >= 4 is 5.91 Å². The van der Waals surface area contributed by atoms with Crippen LogP contribution in [0.5, 0.6) is 0 Å². The minimum Gasteiger partial charge on any atom is -0.383 e. The molecular formula is C16H24N2O2. The first-order valence-corrected chi connectivity index (χ1v) is 7.27. The van der Waals surface area contributed by atoms with Gasteiger partial charge in [-0.25, -0.2) is 0 Å². The Labute approximate surface area is 121 Å². The summed E-state index contributed by atoms with van der Waals surface area (Å²) in [6.07, 6.45) is 1.97. The Kier molecular flexibility index (Phi) is 5.15. The highest BCUT2D eigenvalue weighted by Crippen LogP contribution is 2.26. The van der Waals surface area contributed by atoms with Gasteiger partial charge in [0.25, 0.3) is 0 Å². The predicted molar refractivity (Wildman–Crippen MR) is 79.3 cm³/mol. The first kappa shape index (κ1) is 15.0. The number of ether oxygens (including phenoxy) is 1. The van der Waals surface area contributed by atoms with Crippen molar-refractivity contribution in [1.82, 2.24) is 10.2 Å². The Morgan fingerprint density at radius 3 is 2.70 bits per heavy atom. The number of hydrogen-bond donors (Lipinski definition) is 1. The highest BCUT2D eigenvalue weighted by atomic mass is 16.5. The number of nitrogens with zero attached hydrogens (tertiary/aromatic N) is 1. The van der Waals surface area contributed by atoms with Gasteiger partial charge < -0.3 is 9.64 Å². The van der Waals surface area contributed by atoms with Crippen LogP contribution in [0.2, 0.25) is 0 Å². The molecule has 2 unspecified atom stereocenters. The maximum absolute atomic E-state index is 12.2. The molecule has 1 fully saturated rings. The number of hydrogen-bond acceptors (Lipinski definition) is 3. The number of benzene rings is 1. The van der Waals surface area contributed by atoms with Crippen molar-refractivity contribution in [2.75, 3.05) is 20.3 Å². The fourth-order valence-electron chi connectivity index (χ4n) is 2.79. The summed E-state index contributed by atoms with van der Waals surface area (Å²) in [6.45, 7) is 5.20. The van der Waals surface area contributed by atoms with Gasteiger partial charge >= 0.3 is 0 Å². The van der Waals surface area contributed by atoms with Crippen molar-refractivity contribution in [3.05, 3.63) is 35.4 Å². The quantitative estimate of drug-likeness (QED) is 0.866. The Morgan fingerprint density at radius 2 is 2.10 bits per heavy atom. The van der Waals surface area contributed by atoms with Crippen LogP contribution in [0.15, 0.2) is 24.3 Å². The van der Waals surface area contributed by atoms with Crippen LogP contribution in [0.3, 0.4) is 0 Å². The molecule has 1 aromatic carbocycles. The maximum atomic E-state index is 12.2. The lowest BCUT2D eigenvalue weighted by Gasteiger charge is -2.32. The molecule has 4 heteroatoms. The highest BCUT2D eigenvalue weighted by Gasteiger charge is 2.36. The molecule has 0 aliphatic carbocycles. The van der Waals surface area contributed by atoms with E-state index in [0.29, 0.717) is 13.2 Å². The molecule has 1 aliphatic heterocycles. The fourth-order valence-corrected chi connectivity index (χ4v) is 2.79. The Hall–Kier alpha value is -1.39. The van der Waals surface area contributed by atoms with Gasteiger partial charge in [-0.05, 0) is 18.9 Å². The van der Waals surface area contributed by atoms with E-state index in [-0.39, 0.29) is 18.1 Å². The first-order chi connectivity index (χ1) is 9.67. The Balaban J connectivity index is 2.22. The third-order valence-corrected chi connectivity index (χ3v) is 3.78. The van der Waals surface area contributed by atoms with Gasteiger partial charge in [0.15, 0.2) is 0 Å². The van der Waals surface area contributed by atoms with Crippen molar-refractivity contribution in [3.63, 3.8) is 0 Å². The van der Waals surface area contributed by atoms with E-state index >= 15 is 0 Å². The van der Waals surface area contributed by atoms with Gasteiger partial charge in [-0.3, -0.25) is 10.1 Å². The number of rotatable bonds is 6. The van der Waals surface area contributed by atoms with E-state index in [4.69, 9.17) is 4.74 Å². The lowest BCUT2D eigenvalue weighted by Crippen LogP contribution is -2.42. The van der Waals surface area contributed by atoms with Gasteiger partial charge in [0.2, 0.25) is 5.91 Å². The standard InChI is InChI=1S/C16H24N2O2/c1-4-5-14(11-20-3)18-15(19)10-17-16(18)13-8-6-12(2)7-9-13/h6-9,14,16-17H,4-5,10-11H2,1-3H3. The minimum absolute atomic E-state index is 0.0326. The Morgan fingerprint density at radius 1 is 1.40 bits per heavy atom. The second-order valence-electron chi connectivity index (χ2n) is 5.39. The van der Waals surface area contributed by atoms with Crippen LogP contribution >= 0.6 is 0 Å². The average molecular weight is 276 g/mol. The van der Waals surface area contributed by atoms with Crippen molar-refractivity contribution in [2.45, 2.75) is 38.9 Å². The number of carbonyl (C=O) groups is 1. The predicted octanol–water partition coefficient (Wildman–Crippen LogP) is 2.24. The topological polar surface area (TPSA) is 41.6 Å². The molecule has 2 rings (SSSR count). The second kappa shape index (κ2) is 6.86. The SMILES string of the molecule is CCCC(COC)N1C(=O)CNC1c1ccc(C)cc1. The summed E-state index contributed by atoms with van der Waals surface area (Å²) in [5, 5.41) is 3.31. The monoisotopic (exact) mass is 276 g/mol. The summed E-state index contributed by atoms with van der Waals surface area (Å²) in [6, 6.07) is 8.49. The molecule has 0 radical (unpaired) electrons. The molecule has 1 heterocycles. The summed E-state index contributed by atoms with van der Waals surface area (Å²) in [5.41, 5.74) is 2.37. The second-order valence-corrected chi connectivity index (χ2v) is 5.39. The van der Waals surface area contributed by atoms with E-state index in [2.05, 4.69) is 43.4 Å². The van der Waals surface area contributed by atoms with E-state index in [9.17, 15) is 4.79 Å². The zero-order valence-electron chi connectivity index (χ0n) is 12.6. The lowest BCUT2D eigenvalue weighted by atomic mass is 10.1. The molecule has 1 N–H and O–H groups in total. The molecule has 110 valence electrons. The molecule has 1 amide bonds. The number of carbonyl (C=O) groups excluding carboxylic acids is 1. The molecule has 2 atom stereocenters. The van der Waals surface area contributed by atoms with Crippen molar-refractivity contribution in [1.29, 1.82) is 0 Å². The smallest absolute Gasteiger partial charge is 0.238 e.